The van der Waals surface area contributed by atoms with Gasteiger partial charge in [-0.1, -0.05) is 6.92 Å². The molecule has 1 atom stereocenters. The molecule has 4 nitrogen and oxygen atoms in total. The number of nitrogens with zero attached hydrogens (tertiary/aromatic N) is 1. The molecule has 0 radical (unpaired) electrons. The van der Waals surface area contributed by atoms with E-state index in [0.717, 1.165) is 12.1 Å². The first-order chi connectivity index (χ1) is 7.45. The maximum absolute atomic E-state index is 11.1. The van der Waals surface area contributed by atoms with Gasteiger partial charge < -0.3 is 9.84 Å². The molecule has 0 amide bonds. The lowest BCUT2D eigenvalue weighted by molar-refractivity contribution is 0.0688. The first-order valence-corrected chi connectivity index (χ1v) is 5.33. The number of carbonyl (C=O) groups is 1. The Morgan fingerprint density at radius 3 is 2.69 bits per heavy atom. The van der Waals surface area contributed by atoms with Crippen molar-refractivity contribution >= 4 is 5.97 Å². The highest BCUT2D eigenvalue weighted by Crippen LogP contribution is 2.23. The Balaban J connectivity index is 3.19. The third-order valence-electron chi connectivity index (χ3n) is 2.41. The van der Waals surface area contributed by atoms with Crippen molar-refractivity contribution in [2.45, 2.75) is 40.2 Å². The van der Waals surface area contributed by atoms with Gasteiger partial charge in [0.1, 0.15) is 11.3 Å². The Kier molecular flexibility index (Phi) is 3.88. The van der Waals surface area contributed by atoms with Crippen LogP contribution in [-0.2, 0) is 0 Å². The summed E-state index contributed by atoms with van der Waals surface area (Å²) >= 11 is 0. The van der Waals surface area contributed by atoms with Crippen LogP contribution in [0.1, 0.15) is 42.0 Å². The van der Waals surface area contributed by atoms with E-state index in [0.29, 0.717) is 11.4 Å². The number of pyridine rings is 1. The molecule has 0 aliphatic rings. The molecule has 0 spiro atoms. The predicted molar refractivity (Wildman–Crippen MR) is 61.1 cm³/mol. The van der Waals surface area contributed by atoms with Gasteiger partial charge in [0.25, 0.3) is 0 Å². The Hall–Kier alpha value is -1.58. The first kappa shape index (κ1) is 12.5. The van der Waals surface area contributed by atoms with E-state index in [4.69, 9.17) is 9.84 Å². The number of carboxylic acid groups (broad SMARTS) is 1. The smallest absolute Gasteiger partial charge is 0.341 e. The van der Waals surface area contributed by atoms with Crippen LogP contribution in [0.3, 0.4) is 0 Å². The van der Waals surface area contributed by atoms with Crippen molar-refractivity contribution in [2.24, 2.45) is 0 Å². The number of ether oxygens (including phenoxy) is 1. The Bertz CT molecular complexity index is 401. The molecule has 1 rings (SSSR count). The van der Waals surface area contributed by atoms with E-state index in [1.54, 1.807) is 13.0 Å². The molecule has 0 saturated heterocycles. The molecule has 1 N–H and O–H groups in total. The maximum Gasteiger partial charge on any atom is 0.341 e. The van der Waals surface area contributed by atoms with Crippen LogP contribution < -0.4 is 4.74 Å². The molecule has 0 aromatic carbocycles. The lowest BCUT2D eigenvalue weighted by atomic mass is 10.1. The summed E-state index contributed by atoms with van der Waals surface area (Å²) in [6.07, 6.45) is 0.832. The zero-order valence-electron chi connectivity index (χ0n) is 10.1. The summed E-state index contributed by atoms with van der Waals surface area (Å²) in [4.78, 5) is 15.2. The molecular weight excluding hydrogens is 206 g/mol. The summed E-state index contributed by atoms with van der Waals surface area (Å²) in [5.41, 5.74) is 1.41. The van der Waals surface area contributed by atoms with Gasteiger partial charge in [0.2, 0.25) is 0 Å². The zero-order chi connectivity index (χ0) is 12.3. The Morgan fingerprint density at radius 1 is 1.56 bits per heavy atom. The van der Waals surface area contributed by atoms with Crippen molar-refractivity contribution in [1.29, 1.82) is 0 Å². The van der Waals surface area contributed by atoms with Crippen LogP contribution in [0.15, 0.2) is 6.07 Å². The Labute approximate surface area is 95.3 Å². The number of rotatable bonds is 4. The summed E-state index contributed by atoms with van der Waals surface area (Å²) in [5, 5.41) is 9.10. The standard InChI is InChI=1S/C12H17NO3/c1-5-8(3)16-10-6-7(2)13-9(4)11(10)12(14)15/h6,8H,5H2,1-4H3,(H,14,15). The zero-order valence-corrected chi connectivity index (χ0v) is 10.1. The molecule has 16 heavy (non-hydrogen) atoms. The molecule has 1 aromatic rings. The van der Waals surface area contributed by atoms with Gasteiger partial charge in [-0.05, 0) is 27.2 Å². The lowest BCUT2D eigenvalue weighted by Crippen LogP contribution is -2.14. The van der Waals surface area contributed by atoms with E-state index in [-0.39, 0.29) is 11.7 Å². The van der Waals surface area contributed by atoms with Gasteiger partial charge in [-0.3, -0.25) is 4.98 Å². The van der Waals surface area contributed by atoms with Crippen molar-refractivity contribution < 1.29 is 14.6 Å². The van der Waals surface area contributed by atoms with Gasteiger partial charge in [0, 0.05) is 11.8 Å². The van der Waals surface area contributed by atoms with E-state index in [9.17, 15) is 4.79 Å². The molecule has 0 saturated carbocycles. The van der Waals surface area contributed by atoms with E-state index in [1.165, 1.54) is 0 Å². The molecule has 88 valence electrons. The summed E-state index contributed by atoms with van der Waals surface area (Å²) in [5.74, 6) is -0.588. The molecule has 0 bridgehead atoms. The highest BCUT2D eigenvalue weighted by molar-refractivity contribution is 5.92. The number of aromatic nitrogens is 1. The van der Waals surface area contributed by atoms with Crippen molar-refractivity contribution in [3.05, 3.63) is 23.0 Å². The fraction of sp³-hybridized carbons (Fsp3) is 0.500. The minimum absolute atomic E-state index is 0.000648. The number of hydrogen-bond donors (Lipinski definition) is 1. The van der Waals surface area contributed by atoms with E-state index in [2.05, 4.69) is 4.98 Å². The van der Waals surface area contributed by atoms with Gasteiger partial charge in [-0.2, -0.15) is 0 Å². The topological polar surface area (TPSA) is 59.4 Å². The summed E-state index contributed by atoms with van der Waals surface area (Å²) < 4.78 is 5.60. The van der Waals surface area contributed by atoms with Crippen LogP contribution in [0.2, 0.25) is 0 Å². The predicted octanol–water partition coefficient (Wildman–Crippen LogP) is 2.57. The van der Waals surface area contributed by atoms with Crippen molar-refractivity contribution in [1.82, 2.24) is 4.98 Å². The molecule has 1 heterocycles. The van der Waals surface area contributed by atoms with Gasteiger partial charge in [-0.15, -0.1) is 0 Å². The minimum Gasteiger partial charge on any atom is -0.490 e. The number of hydrogen-bond acceptors (Lipinski definition) is 3. The summed E-state index contributed by atoms with van der Waals surface area (Å²) in [6, 6.07) is 1.67. The van der Waals surface area contributed by atoms with Gasteiger partial charge in [0.05, 0.1) is 11.8 Å². The maximum atomic E-state index is 11.1. The van der Waals surface area contributed by atoms with Crippen LogP contribution in [0.25, 0.3) is 0 Å². The molecule has 0 fully saturated rings. The SMILES string of the molecule is CCC(C)Oc1cc(C)nc(C)c1C(=O)O. The normalized spacial score (nSPS) is 12.2. The van der Waals surface area contributed by atoms with Gasteiger partial charge >= 0.3 is 5.97 Å². The fourth-order valence-electron chi connectivity index (χ4n) is 1.45. The van der Waals surface area contributed by atoms with E-state index < -0.39 is 5.97 Å². The van der Waals surface area contributed by atoms with Crippen LogP contribution in [-0.4, -0.2) is 22.2 Å². The van der Waals surface area contributed by atoms with Gasteiger partial charge in [0.15, 0.2) is 0 Å². The summed E-state index contributed by atoms with van der Waals surface area (Å²) in [6.45, 7) is 7.41. The van der Waals surface area contributed by atoms with E-state index in [1.807, 2.05) is 20.8 Å². The number of carboxylic acids is 1. The second kappa shape index (κ2) is 4.96. The van der Waals surface area contributed by atoms with E-state index >= 15 is 0 Å². The average Bonchev–Trinajstić information content (AvgIpc) is 2.15. The lowest BCUT2D eigenvalue weighted by Gasteiger charge is -2.16. The van der Waals surface area contributed by atoms with Crippen LogP contribution >= 0.6 is 0 Å². The van der Waals surface area contributed by atoms with Crippen molar-refractivity contribution in [3.63, 3.8) is 0 Å². The molecule has 0 aliphatic carbocycles. The third kappa shape index (κ3) is 2.72. The highest BCUT2D eigenvalue weighted by atomic mass is 16.5. The number of aromatic carboxylic acids is 1. The molecule has 1 unspecified atom stereocenters. The summed E-state index contributed by atoms with van der Waals surface area (Å²) in [7, 11) is 0. The Morgan fingerprint density at radius 2 is 2.19 bits per heavy atom. The van der Waals surface area contributed by atoms with Crippen molar-refractivity contribution in [2.75, 3.05) is 0 Å². The van der Waals surface area contributed by atoms with Crippen LogP contribution in [0.5, 0.6) is 5.75 Å². The minimum atomic E-state index is -0.997. The largest absolute Gasteiger partial charge is 0.490 e. The second-order valence-electron chi connectivity index (χ2n) is 3.86. The first-order valence-electron chi connectivity index (χ1n) is 5.33. The quantitative estimate of drug-likeness (QED) is 0.852. The fourth-order valence-corrected chi connectivity index (χ4v) is 1.45. The highest BCUT2D eigenvalue weighted by Gasteiger charge is 2.17. The molecule has 4 heteroatoms. The monoisotopic (exact) mass is 223 g/mol. The third-order valence-corrected chi connectivity index (χ3v) is 2.41. The van der Waals surface area contributed by atoms with Crippen LogP contribution in [0, 0.1) is 13.8 Å². The average molecular weight is 223 g/mol. The molecule has 1 aromatic heterocycles. The van der Waals surface area contributed by atoms with Crippen LogP contribution in [0.4, 0.5) is 0 Å². The number of aryl methyl sites for hydroxylation is 2. The molecular formula is C12H17NO3. The van der Waals surface area contributed by atoms with Crippen molar-refractivity contribution in [3.8, 4) is 5.75 Å². The molecule has 0 aliphatic heterocycles. The van der Waals surface area contributed by atoms with Gasteiger partial charge in [-0.25, -0.2) is 4.79 Å². The second-order valence-corrected chi connectivity index (χ2v) is 3.86.